The van der Waals surface area contributed by atoms with Gasteiger partial charge in [-0.25, -0.2) is 15.4 Å². The summed E-state index contributed by atoms with van der Waals surface area (Å²) in [5.74, 6) is 0.425. The summed E-state index contributed by atoms with van der Waals surface area (Å²) in [5, 5.41) is 9.87. The maximum absolute atomic E-state index is 12.4. The van der Waals surface area contributed by atoms with Gasteiger partial charge in [0.25, 0.3) is 0 Å². The largest absolute Gasteiger partial charge is 0.487 e. The molecule has 0 atom stereocenters. The van der Waals surface area contributed by atoms with Gasteiger partial charge in [-0.05, 0) is 31.2 Å². The van der Waals surface area contributed by atoms with Crippen molar-refractivity contribution in [2.45, 2.75) is 20.0 Å². The summed E-state index contributed by atoms with van der Waals surface area (Å²) in [6.45, 7) is 2.38. The molecule has 1 N–H and O–H groups in total. The monoisotopic (exact) mass is 602 g/mol. The lowest BCUT2D eigenvalue weighted by atomic mass is 10.2. The number of nitrogens with one attached hydrogen (secondary N) is 1. The van der Waals surface area contributed by atoms with Crippen molar-refractivity contribution in [2.24, 2.45) is 5.10 Å². The number of carbonyl (C=O) groups excluding carboxylic acids is 1. The number of aryl methyl sites for hydroxylation is 1. The van der Waals surface area contributed by atoms with E-state index in [1.807, 2.05) is 78.3 Å². The van der Waals surface area contributed by atoms with Crippen LogP contribution in [-0.4, -0.2) is 22.1 Å². The third kappa shape index (κ3) is 6.80. The van der Waals surface area contributed by atoms with Gasteiger partial charge in [-0.2, -0.15) is 5.10 Å². The standard InChI is InChI=1S/C29H23BrN4O2S2/c1-19-6-8-20(9-7-19)28-32-24(17-37-28)14-27(35)34-31-15-22-4-2-3-5-26(22)36-16-25-18-38-29(33-25)21-10-12-23(30)13-11-21/h2-13,15,17-18H,14,16H2,1H3,(H,34,35)/b31-15+. The third-order valence-electron chi connectivity index (χ3n) is 5.52. The van der Waals surface area contributed by atoms with E-state index in [0.717, 1.165) is 36.9 Å². The SMILES string of the molecule is Cc1ccc(-c2nc(CC(=O)N/N=C/c3ccccc3OCc3csc(-c4ccc(Br)cc4)n3)cs2)cc1. The van der Waals surface area contributed by atoms with E-state index in [4.69, 9.17) is 4.74 Å². The molecule has 3 aromatic carbocycles. The number of ether oxygens (including phenoxy) is 1. The number of hydrogen-bond acceptors (Lipinski definition) is 7. The van der Waals surface area contributed by atoms with Gasteiger partial charge < -0.3 is 4.74 Å². The zero-order chi connectivity index (χ0) is 26.3. The number of halogens is 1. The van der Waals surface area contributed by atoms with Gasteiger partial charge in [0.15, 0.2) is 0 Å². The summed E-state index contributed by atoms with van der Waals surface area (Å²) in [6, 6.07) is 23.8. The summed E-state index contributed by atoms with van der Waals surface area (Å²) in [6.07, 6.45) is 1.74. The van der Waals surface area contributed by atoms with E-state index in [0.29, 0.717) is 18.1 Å². The number of carbonyl (C=O) groups is 1. The lowest BCUT2D eigenvalue weighted by molar-refractivity contribution is -0.120. The van der Waals surface area contributed by atoms with Crippen LogP contribution in [-0.2, 0) is 17.8 Å². The Morgan fingerprint density at radius 2 is 1.55 bits per heavy atom. The fourth-order valence-corrected chi connectivity index (χ4v) is 5.46. The molecule has 0 aliphatic rings. The fourth-order valence-electron chi connectivity index (χ4n) is 3.56. The van der Waals surface area contributed by atoms with Crippen LogP contribution in [0.15, 0.2) is 93.1 Å². The molecule has 0 bridgehead atoms. The number of benzene rings is 3. The molecule has 5 aromatic rings. The van der Waals surface area contributed by atoms with Crippen LogP contribution in [0.1, 0.15) is 22.5 Å². The highest BCUT2D eigenvalue weighted by Crippen LogP contribution is 2.27. The van der Waals surface area contributed by atoms with E-state index in [1.165, 1.54) is 16.9 Å². The third-order valence-corrected chi connectivity index (χ3v) is 7.93. The Kier molecular flexibility index (Phi) is 8.37. The van der Waals surface area contributed by atoms with E-state index in [9.17, 15) is 4.79 Å². The van der Waals surface area contributed by atoms with Gasteiger partial charge in [0.1, 0.15) is 22.4 Å². The van der Waals surface area contributed by atoms with E-state index >= 15 is 0 Å². The highest BCUT2D eigenvalue weighted by atomic mass is 79.9. The van der Waals surface area contributed by atoms with Crippen LogP contribution < -0.4 is 10.2 Å². The van der Waals surface area contributed by atoms with Gasteiger partial charge in [0, 0.05) is 31.9 Å². The molecule has 0 unspecified atom stereocenters. The molecule has 0 saturated carbocycles. The first kappa shape index (κ1) is 26.0. The number of rotatable bonds is 9. The number of hydrogen-bond donors (Lipinski definition) is 1. The van der Waals surface area contributed by atoms with Crippen molar-refractivity contribution >= 4 is 50.7 Å². The molecule has 2 aromatic heterocycles. The summed E-state index contributed by atoms with van der Waals surface area (Å²) < 4.78 is 7.05. The van der Waals surface area contributed by atoms with Gasteiger partial charge >= 0.3 is 0 Å². The van der Waals surface area contributed by atoms with Crippen molar-refractivity contribution < 1.29 is 9.53 Å². The zero-order valence-corrected chi connectivity index (χ0v) is 23.6. The maximum Gasteiger partial charge on any atom is 0.246 e. The molecule has 0 aliphatic carbocycles. The molecular weight excluding hydrogens is 580 g/mol. The van der Waals surface area contributed by atoms with E-state index in [-0.39, 0.29) is 12.3 Å². The number of thiazole rings is 2. The topological polar surface area (TPSA) is 76.5 Å². The fraction of sp³-hybridized carbons (Fsp3) is 0.103. The van der Waals surface area contributed by atoms with E-state index in [1.54, 1.807) is 17.6 Å². The molecule has 9 heteroatoms. The minimum atomic E-state index is -0.233. The summed E-state index contributed by atoms with van der Waals surface area (Å²) >= 11 is 6.57. The molecular formula is C29H23BrN4O2S2. The average molecular weight is 604 g/mol. The Labute approximate surface area is 237 Å². The molecule has 0 fully saturated rings. The molecule has 0 saturated heterocycles. The van der Waals surface area contributed by atoms with Crippen molar-refractivity contribution in [3.63, 3.8) is 0 Å². The van der Waals surface area contributed by atoms with Crippen molar-refractivity contribution in [3.8, 4) is 26.9 Å². The zero-order valence-electron chi connectivity index (χ0n) is 20.4. The first-order chi connectivity index (χ1) is 18.5. The van der Waals surface area contributed by atoms with Crippen LogP contribution in [0.2, 0.25) is 0 Å². The summed E-state index contributed by atoms with van der Waals surface area (Å²) in [7, 11) is 0. The summed E-state index contributed by atoms with van der Waals surface area (Å²) in [4.78, 5) is 21.7. The van der Waals surface area contributed by atoms with Crippen molar-refractivity contribution in [1.29, 1.82) is 0 Å². The molecule has 5 rings (SSSR count). The van der Waals surface area contributed by atoms with Crippen LogP contribution in [0.25, 0.3) is 21.1 Å². The second kappa shape index (κ2) is 12.3. The summed E-state index contributed by atoms with van der Waals surface area (Å²) in [5.41, 5.74) is 8.22. The van der Waals surface area contributed by atoms with Gasteiger partial charge in [-0.3, -0.25) is 4.79 Å². The minimum Gasteiger partial charge on any atom is -0.487 e. The Bertz CT molecular complexity index is 1560. The van der Waals surface area contributed by atoms with Crippen LogP contribution in [0, 0.1) is 6.92 Å². The Morgan fingerprint density at radius 1 is 0.921 bits per heavy atom. The maximum atomic E-state index is 12.4. The second-order valence-corrected chi connectivity index (χ2v) is 11.1. The smallest absolute Gasteiger partial charge is 0.246 e. The normalized spacial score (nSPS) is 11.1. The highest BCUT2D eigenvalue weighted by molar-refractivity contribution is 9.10. The molecule has 2 heterocycles. The first-order valence-electron chi connectivity index (χ1n) is 11.8. The Hall–Kier alpha value is -3.66. The second-order valence-electron chi connectivity index (χ2n) is 8.46. The average Bonchev–Trinajstić information content (AvgIpc) is 3.59. The number of para-hydroxylation sites is 1. The van der Waals surface area contributed by atoms with Gasteiger partial charge in [-0.1, -0.05) is 70.0 Å². The van der Waals surface area contributed by atoms with Crippen LogP contribution >= 0.6 is 38.6 Å². The van der Waals surface area contributed by atoms with E-state index < -0.39 is 0 Å². The lowest BCUT2D eigenvalue weighted by Gasteiger charge is -2.07. The Morgan fingerprint density at radius 3 is 2.29 bits per heavy atom. The van der Waals surface area contributed by atoms with Crippen LogP contribution in [0.5, 0.6) is 5.75 Å². The molecule has 1 amide bonds. The lowest BCUT2D eigenvalue weighted by Crippen LogP contribution is -2.20. The van der Waals surface area contributed by atoms with Crippen molar-refractivity contribution in [2.75, 3.05) is 0 Å². The van der Waals surface area contributed by atoms with Gasteiger partial charge in [0.2, 0.25) is 5.91 Å². The number of aromatic nitrogens is 2. The van der Waals surface area contributed by atoms with Crippen LogP contribution in [0.4, 0.5) is 0 Å². The molecule has 0 radical (unpaired) electrons. The number of nitrogens with zero attached hydrogens (tertiary/aromatic N) is 3. The van der Waals surface area contributed by atoms with Crippen molar-refractivity contribution in [1.82, 2.24) is 15.4 Å². The molecule has 38 heavy (non-hydrogen) atoms. The number of hydrazone groups is 1. The first-order valence-corrected chi connectivity index (χ1v) is 14.3. The molecule has 0 spiro atoms. The minimum absolute atomic E-state index is 0.155. The molecule has 190 valence electrons. The van der Waals surface area contributed by atoms with Gasteiger partial charge in [-0.15, -0.1) is 22.7 Å². The quantitative estimate of drug-likeness (QED) is 0.142. The number of amides is 1. The predicted molar refractivity (Wildman–Crippen MR) is 158 cm³/mol. The van der Waals surface area contributed by atoms with Gasteiger partial charge in [0.05, 0.1) is 24.0 Å². The molecule has 0 aliphatic heterocycles. The predicted octanol–water partition coefficient (Wildman–Crippen LogP) is 7.28. The van der Waals surface area contributed by atoms with Crippen LogP contribution in [0.3, 0.4) is 0 Å². The Balaban J connectivity index is 1.15. The van der Waals surface area contributed by atoms with E-state index in [2.05, 4.69) is 48.6 Å². The molecule has 6 nitrogen and oxygen atoms in total. The highest BCUT2D eigenvalue weighted by Gasteiger charge is 2.10. The van der Waals surface area contributed by atoms with Crippen molar-refractivity contribution in [3.05, 3.63) is 111 Å².